The highest BCUT2D eigenvalue weighted by atomic mass is 16.2. The zero-order valence-electron chi connectivity index (χ0n) is 22.4. The maximum atomic E-state index is 13.8. The Bertz CT molecular complexity index is 1110. The van der Waals surface area contributed by atoms with E-state index in [0.717, 1.165) is 11.1 Å². The van der Waals surface area contributed by atoms with Crippen LogP contribution < -0.4 is 45.0 Å². The van der Waals surface area contributed by atoms with Crippen molar-refractivity contribution in [2.24, 2.45) is 44.4 Å². The summed E-state index contributed by atoms with van der Waals surface area (Å²) in [4.78, 5) is 47.0. The largest absolute Gasteiger partial charge is 0.370 e. The van der Waals surface area contributed by atoms with Crippen molar-refractivity contribution in [2.45, 2.75) is 49.7 Å². The zero-order chi connectivity index (χ0) is 29.5. The zero-order valence-corrected chi connectivity index (χ0v) is 22.4. The Morgan fingerprint density at radius 2 is 1.15 bits per heavy atom. The summed E-state index contributed by atoms with van der Waals surface area (Å²) in [6.45, 7) is 0.567. The van der Waals surface area contributed by atoms with Gasteiger partial charge >= 0.3 is 0 Å². The molecule has 0 aliphatic rings. The molecule has 0 saturated heterocycles. The molecule has 0 heterocycles. The van der Waals surface area contributed by atoms with Crippen molar-refractivity contribution >= 4 is 29.6 Å². The molecular formula is C27H40N10O3. The van der Waals surface area contributed by atoms with E-state index < -0.39 is 41.8 Å². The highest BCUT2D eigenvalue weighted by Crippen LogP contribution is 2.28. The lowest BCUT2D eigenvalue weighted by Gasteiger charge is -2.30. The van der Waals surface area contributed by atoms with Gasteiger partial charge in [0.25, 0.3) is 0 Å². The van der Waals surface area contributed by atoms with Gasteiger partial charge in [-0.1, -0.05) is 60.7 Å². The minimum absolute atomic E-state index is 0.0503. The SMILES string of the molecule is NC(=O)[C@H](CCCN=C(N)N)NC(=O)[C@@H](NC(=O)[C@@H](N)CCCN=C(N)N)C(c1ccccc1)c1ccccc1. The average Bonchev–Trinajstić information content (AvgIpc) is 2.92. The smallest absolute Gasteiger partial charge is 0.244 e. The van der Waals surface area contributed by atoms with Gasteiger partial charge in [0.05, 0.1) is 6.04 Å². The summed E-state index contributed by atoms with van der Waals surface area (Å²) in [6, 6.07) is 15.4. The van der Waals surface area contributed by atoms with Crippen LogP contribution in [0.25, 0.3) is 0 Å². The van der Waals surface area contributed by atoms with Crippen LogP contribution in [0.2, 0.25) is 0 Å². The maximum absolute atomic E-state index is 13.8. The van der Waals surface area contributed by atoms with E-state index >= 15 is 0 Å². The molecule has 0 bridgehead atoms. The molecule has 14 N–H and O–H groups in total. The summed E-state index contributed by atoms with van der Waals surface area (Å²) >= 11 is 0. The minimum atomic E-state index is -1.12. The number of hydrogen-bond acceptors (Lipinski definition) is 6. The number of guanidine groups is 2. The molecule has 0 fully saturated rings. The molecule has 13 heteroatoms. The van der Waals surface area contributed by atoms with Crippen LogP contribution in [-0.2, 0) is 14.4 Å². The molecule has 0 aromatic heterocycles. The van der Waals surface area contributed by atoms with Crippen molar-refractivity contribution in [1.29, 1.82) is 0 Å². The number of amides is 3. The monoisotopic (exact) mass is 552 g/mol. The van der Waals surface area contributed by atoms with Gasteiger partial charge in [-0.3, -0.25) is 24.4 Å². The molecule has 0 aliphatic carbocycles. The summed E-state index contributed by atoms with van der Waals surface area (Å²) < 4.78 is 0. The molecule has 0 unspecified atom stereocenters. The molecule has 40 heavy (non-hydrogen) atoms. The van der Waals surface area contributed by atoms with Crippen LogP contribution >= 0.6 is 0 Å². The molecule has 2 aromatic carbocycles. The lowest BCUT2D eigenvalue weighted by molar-refractivity contribution is -0.132. The molecule has 0 saturated carbocycles. The summed E-state index contributed by atoms with van der Waals surface area (Å²) in [5.41, 5.74) is 34.7. The number of carbonyl (C=O) groups is 3. The Morgan fingerprint density at radius 3 is 1.60 bits per heavy atom. The first-order chi connectivity index (χ1) is 19.1. The van der Waals surface area contributed by atoms with Gasteiger partial charge in [0.15, 0.2) is 11.9 Å². The molecule has 0 spiro atoms. The van der Waals surface area contributed by atoms with Crippen LogP contribution in [0.3, 0.4) is 0 Å². The summed E-state index contributed by atoms with van der Waals surface area (Å²) in [5, 5.41) is 5.53. The predicted octanol–water partition coefficient (Wildman–Crippen LogP) is -1.29. The van der Waals surface area contributed by atoms with E-state index in [4.69, 9.17) is 34.4 Å². The number of primary amides is 1. The first-order valence-corrected chi connectivity index (χ1v) is 13.0. The number of nitrogens with two attached hydrogens (primary N) is 6. The topological polar surface area (TPSA) is 256 Å². The molecule has 0 radical (unpaired) electrons. The molecule has 3 amide bonds. The maximum Gasteiger partial charge on any atom is 0.244 e. The summed E-state index contributed by atoms with van der Waals surface area (Å²) in [6.07, 6.45) is 1.34. The van der Waals surface area contributed by atoms with Crippen molar-refractivity contribution < 1.29 is 14.4 Å². The quantitative estimate of drug-likeness (QED) is 0.0704. The number of aliphatic imine (C=N–C) groups is 2. The second kappa shape index (κ2) is 16.3. The second-order valence-electron chi connectivity index (χ2n) is 9.25. The van der Waals surface area contributed by atoms with Gasteiger partial charge in [-0.15, -0.1) is 0 Å². The highest BCUT2D eigenvalue weighted by molar-refractivity contribution is 5.93. The van der Waals surface area contributed by atoms with Crippen molar-refractivity contribution in [3.05, 3.63) is 71.8 Å². The second-order valence-corrected chi connectivity index (χ2v) is 9.25. The number of benzene rings is 2. The first kappa shape index (κ1) is 31.6. The van der Waals surface area contributed by atoms with Crippen molar-refractivity contribution in [3.63, 3.8) is 0 Å². The van der Waals surface area contributed by atoms with Crippen LogP contribution in [0, 0.1) is 0 Å². The third-order valence-electron chi connectivity index (χ3n) is 6.14. The van der Waals surface area contributed by atoms with Crippen molar-refractivity contribution in [3.8, 4) is 0 Å². The fourth-order valence-electron chi connectivity index (χ4n) is 4.16. The third kappa shape index (κ3) is 10.6. The van der Waals surface area contributed by atoms with E-state index in [9.17, 15) is 14.4 Å². The summed E-state index contributed by atoms with van der Waals surface area (Å²) in [7, 11) is 0. The standard InChI is InChI=1S/C27H40N10O3/c28-19(13-7-15-34-26(30)31)24(39)37-22(25(40)36-20(23(29)38)14-8-16-35-27(32)33)21(17-9-3-1-4-10-17)18-11-5-2-6-12-18/h1-6,9-12,19-22H,7-8,13-16,28H2,(H2,29,38)(H,36,40)(H,37,39)(H4,30,31,34)(H4,32,33,35)/t19-,20-,22-/m0/s1. The first-order valence-electron chi connectivity index (χ1n) is 13.0. The molecule has 13 nitrogen and oxygen atoms in total. The Labute approximate surface area is 233 Å². The van der Waals surface area contributed by atoms with E-state index in [1.54, 1.807) is 0 Å². The number of hydrogen-bond donors (Lipinski definition) is 8. The van der Waals surface area contributed by atoms with Crippen molar-refractivity contribution in [2.75, 3.05) is 13.1 Å². The van der Waals surface area contributed by atoms with E-state index in [2.05, 4.69) is 20.6 Å². The lowest BCUT2D eigenvalue weighted by Crippen LogP contribution is -2.57. The Balaban J connectivity index is 2.36. The van der Waals surface area contributed by atoms with Crippen LogP contribution in [-0.4, -0.2) is 60.9 Å². The predicted molar refractivity (Wildman–Crippen MR) is 156 cm³/mol. The van der Waals surface area contributed by atoms with Crippen LogP contribution in [0.15, 0.2) is 70.6 Å². The van der Waals surface area contributed by atoms with E-state index in [1.165, 1.54) is 0 Å². The minimum Gasteiger partial charge on any atom is -0.370 e. The van der Waals surface area contributed by atoms with Crippen LogP contribution in [0.1, 0.15) is 42.7 Å². The Hall–Kier alpha value is -4.65. The fourth-order valence-corrected chi connectivity index (χ4v) is 4.16. The number of rotatable bonds is 16. The van der Waals surface area contributed by atoms with Crippen LogP contribution in [0.4, 0.5) is 0 Å². The highest BCUT2D eigenvalue weighted by Gasteiger charge is 2.35. The number of nitrogens with zero attached hydrogens (tertiary/aromatic N) is 2. The molecule has 216 valence electrons. The van der Waals surface area contributed by atoms with Gasteiger partial charge in [0.2, 0.25) is 17.7 Å². The van der Waals surface area contributed by atoms with E-state index in [1.807, 2.05) is 60.7 Å². The fraction of sp³-hybridized carbons (Fsp3) is 0.370. The molecule has 2 rings (SSSR count). The molecular weight excluding hydrogens is 512 g/mol. The van der Waals surface area contributed by atoms with Gasteiger partial charge in [-0.2, -0.15) is 0 Å². The normalized spacial score (nSPS) is 12.9. The van der Waals surface area contributed by atoms with Gasteiger partial charge in [-0.05, 0) is 36.8 Å². The number of nitrogens with one attached hydrogen (secondary N) is 2. The molecule has 2 aromatic rings. The Morgan fingerprint density at radius 1 is 0.675 bits per heavy atom. The van der Waals surface area contributed by atoms with Gasteiger partial charge in [0, 0.05) is 19.0 Å². The molecule has 0 aliphatic heterocycles. The molecule has 3 atom stereocenters. The van der Waals surface area contributed by atoms with Gasteiger partial charge in [-0.25, -0.2) is 0 Å². The van der Waals surface area contributed by atoms with Crippen LogP contribution in [0.5, 0.6) is 0 Å². The van der Waals surface area contributed by atoms with Crippen molar-refractivity contribution in [1.82, 2.24) is 10.6 Å². The van der Waals surface area contributed by atoms with Gasteiger partial charge < -0.3 is 45.0 Å². The number of carbonyl (C=O) groups excluding carboxylic acids is 3. The van der Waals surface area contributed by atoms with E-state index in [0.29, 0.717) is 19.4 Å². The average molecular weight is 553 g/mol. The van der Waals surface area contributed by atoms with Gasteiger partial charge in [0.1, 0.15) is 12.1 Å². The lowest BCUT2D eigenvalue weighted by atomic mass is 9.84. The summed E-state index contributed by atoms with van der Waals surface area (Å²) in [5.74, 6) is -2.59. The third-order valence-corrected chi connectivity index (χ3v) is 6.14. The Kier molecular flexibility index (Phi) is 12.9. The van der Waals surface area contributed by atoms with E-state index in [-0.39, 0.29) is 31.3 Å².